The summed E-state index contributed by atoms with van der Waals surface area (Å²) in [5.74, 6) is 2.53. The van der Waals surface area contributed by atoms with Gasteiger partial charge in [-0.15, -0.1) is 11.3 Å². The van der Waals surface area contributed by atoms with E-state index in [0.29, 0.717) is 17.6 Å². The van der Waals surface area contributed by atoms with E-state index in [1.54, 1.807) is 0 Å². The molecular weight excluding hydrogens is 729 g/mol. The highest BCUT2D eigenvalue weighted by molar-refractivity contribution is 7.26. The van der Waals surface area contributed by atoms with Gasteiger partial charge in [0.15, 0.2) is 17.5 Å². The number of rotatable bonds is 5. The molecule has 58 heavy (non-hydrogen) atoms. The summed E-state index contributed by atoms with van der Waals surface area (Å²) < 4.78 is 11.2. The minimum absolute atomic E-state index is 0.420. The van der Waals surface area contributed by atoms with Gasteiger partial charge in [-0.3, -0.25) is 0 Å². The highest BCUT2D eigenvalue weighted by Crippen LogP contribution is 2.44. The molecular formula is C52H34N4OS. The van der Waals surface area contributed by atoms with E-state index in [2.05, 4.69) is 157 Å². The number of furan rings is 1. The monoisotopic (exact) mass is 762 g/mol. The molecule has 1 aliphatic rings. The summed E-state index contributed by atoms with van der Waals surface area (Å²) in [5.41, 5.74) is 10.7. The SMILES string of the molecule is CC1C=CC=C(c2nc(-c3ccccc3)nc(-c3cccc4sc5ccc(-c6ccc7c(c6)c6ccc8oc9ccccc9c8c6n7-c6ccccc6)cc5c34)n2)C1. The first-order chi connectivity index (χ1) is 28.6. The van der Waals surface area contributed by atoms with Crippen LogP contribution in [0.4, 0.5) is 0 Å². The number of thiophene rings is 1. The number of para-hydroxylation sites is 2. The molecule has 0 radical (unpaired) electrons. The summed E-state index contributed by atoms with van der Waals surface area (Å²) in [6.45, 7) is 2.23. The van der Waals surface area contributed by atoms with Crippen molar-refractivity contribution >= 4 is 80.8 Å². The van der Waals surface area contributed by atoms with Crippen molar-refractivity contribution in [1.82, 2.24) is 19.5 Å². The third kappa shape index (κ3) is 5.19. The Hall–Kier alpha value is -7.15. The van der Waals surface area contributed by atoms with Gasteiger partial charge in [-0.05, 0) is 89.7 Å². The molecule has 6 heteroatoms. The van der Waals surface area contributed by atoms with Crippen molar-refractivity contribution in [2.24, 2.45) is 5.92 Å². The summed E-state index contributed by atoms with van der Waals surface area (Å²) >= 11 is 1.81. The summed E-state index contributed by atoms with van der Waals surface area (Å²) in [6.07, 6.45) is 7.40. The lowest BCUT2D eigenvalue weighted by Crippen LogP contribution is -2.06. The maximum Gasteiger partial charge on any atom is 0.164 e. The van der Waals surface area contributed by atoms with Crippen LogP contribution < -0.4 is 0 Å². The fourth-order valence-electron chi connectivity index (χ4n) is 8.90. The average molecular weight is 763 g/mol. The molecule has 11 aromatic rings. The first kappa shape index (κ1) is 33.0. The standard InChI is InChI=1S/C52H34N4OS/c1-31-12-10-15-35(28-31)51-53-50(32-13-4-2-5-14-32)54-52(55-51)39-19-11-21-46-47(39)41-30-34(23-27-45(41)58-46)33-22-25-42-40(29-33)37-24-26-44-48(38-18-8-9-20-43(38)57-44)49(37)56(42)36-16-6-3-7-17-36/h2-27,29-31H,28H2,1H3. The van der Waals surface area contributed by atoms with Gasteiger partial charge >= 0.3 is 0 Å². The van der Waals surface area contributed by atoms with Crippen molar-refractivity contribution in [3.63, 3.8) is 0 Å². The average Bonchev–Trinajstić information content (AvgIpc) is 3.96. The van der Waals surface area contributed by atoms with Crippen LogP contribution in [0.3, 0.4) is 0 Å². The lowest BCUT2D eigenvalue weighted by molar-refractivity contribution is 0.669. The number of fused-ring (bicyclic) bond motifs is 10. The summed E-state index contributed by atoms with van der Waals surface area (Å²) in [6, 6.07) is 53.9. The zero-order chi connectivity index (χ0) is 38.3. The first-order valence-electron chi connectivity index (χ1n) is 19.7. The molecule has 0 saturated heterocycles. The Morgan fingerprint density at radius 3 is 2.19 bits per heavy atom. The van der Waals surface area contributed by atoms with Crippen LogP contribution in [-0.4, -0.2) is 19.5 Å². The second-order valence-electron chi connectivity index (χ2n) is 15.3. The number of hydrogen-bond donors (Lipinski definition) is 0. The second-order valence-corrected chi connectivity index (χ2v) is 16.3. The maximum atomic E-state index is 6.39. The van der Waals surface area contributed by atoms with E-state index in [4.69, 9.17) is 19.4 Å². The van der Waals surface area contributed by atoms with Gasteiger partial charge in [-0.25, -0.2) is 15.0 Å². The maximum absolute atomic E-state index is 6.39. The number of allylic oxidation sites excluding steroid dienone is 4. The largest absolute Gasteiger partial charge is 0.456 e. The van der Waals surface area contributed by atoms with Gasteiger partial charge in [0.1, 0.15) is 11.2 Å². The molecule has 0 bridgehead atoms. The Kier molecular flexibility index (Phi) is 7.37. The van der Waals surface area contributed by atoms with E-state index in [9.17, 15) is 0 Å². The van der Waals surface area contributed by atoms with E-state index in [1.165, 1.54) is 30.9 Å². The molecule has 5 nitrogen and oxygen atoms in total. The van der Waals surface area contributed by atoms with Crippen LogP contribution in [-0.2, 0) is 0 Å². The van der Waals surface area contributed by atoms with Crippen LogP contribution in [0, 0.1) is 5.92 Å². The van der Waals surface area contributed by atoms with E-state index in [0.717, 1.165) is 78.7 Å². The fourth-order valence-corrected chi connectivity index (χ4v) is 10.0. The molecule has 7 aromatic carbocycles. The predicted octanol–water partition coefficient (Wildman–Crippen LogP) is 14.2. The Morgan fingerprint density at radius 2 is 1.33 bits per heavy atom. The summed E-state index contributed by atoms with van der Waals surface area (Å²) in [7, 11) is 0. The minimum atomic E-state index is 0.420. The molecule has 0 spiro atoms. The molecule has 0 aliphatic heterocycles. The van der Waals surface area contributed by atoms with Crippen molar-refractivity contribution in [2.75, 3.05) is 0 Å². The van der Waals surface area contributed by atoms with E-state index < -0.39 is 0 Å². The van der Waals surface area contributed by atoms with Gasteiger partial charge in [-0.1, -0.05) is 116 Å². The van der Waals surface area contributed by atoms with Crippen LogP contribution in [0.2, 0.25) is 0 Å². The van der Waals surface area contributed by atoms with Crippen LogP contribution in [0.5, 0.6) is 0 Å². The van der Waals surface area contributed by atoms with E-state index >= 15 is 0 Å². The molecule has 0 amide bonds. The van der Waals surface area contributed by atoms with Crippen molar-refractivity contribution in [1.29, 1.82) is 0 Å². The molecule has 1 unspecified atom stereocenters. The van der Waals surface area contributed by atoms with Gasteiger partial charge in [0.05, 0.1) is 16.4 Å². The van der Waals surface area contributed by atoms with Gasteiger partial charge < -0.3 is 8.98 Å². The molecule has 12 rings (SSSR count). The molecule has 4 heterocycles. The van der Waals surface area contributed by atoms with Crippen molar-refractivity contribution in [2.45, 2.75) is 13.3 Å². The smallest absolute Gasteiger partial charge is 0.164 e. The number of hydrogen-bond acceptors (Lipinski definition) is 5. The lowest BCUT2D eigenvalue weighted by atomic mass is 9.95. The van der Waals surface area contributed by atoms with Gasteiger partial charge in [-0.2, -0.15) is 0 Å². The van der Waals surface area contributed by atoms with Crippen LogP contribution in [0.1, 0.15) is 19.2 Å². The highest BCUT2D eigenvalue weighted by atomic mass is 32.1. The highest BCUT2D eigenvalue weighted by Gasteiger charge is 2.22. The van der Waals surface area contributed by atoms with E-state index in [1.807, 2.05) is 35.6 Å². The molecule has 0 N–H and O–H groups in total. The Balaban J connectivity index is 1.06. The molecule has 1 atom stereocenters. The molecule has 274 valence electrons. The Labute approximate surface area is 337 Å². The summed E-state index contributed by atoms with van der Waals surface area (Å²) in [5, 5.41) is 7.02. The molecule has 0 fully saturated rings. The minimum Gasteiger partial charge on any atom is -0.456 e. The first-order valence-corrected chi connectivity index (χ1v) is 20.6. The Bertz CT molecular complexity index is 3500. The van der Waals surface area contributed by atoms with Crippen molar-refractivity contribution in [3.05, 3.63) is 176 Å². The molecule has 0 saturated carbocycles. The lowest BCUT2D eigenvalue weighted by Gasteiger charge is -2.15. The van der Waals surface area contributed by atoms with Crippen molar-refractivity contribution < 1.29 is 4.42 Å². The number of benzene rings is 7. The van der Waals surface area contributed by atoms with Gasteiger partial charge in [0, 0.05) is 53.1 Å². The Morgan fingerprint density at radius 1 is 0.569 bits per heavy atom. The number of nitrogens with zero attached hydrogens (tertiary/aromatic N) is 4. The molecule has 1 aliphatic carbocycles. The third-order valence-electron chi connectivity index (χ3n) is 11.6. The van der Waals surface area contributed by atoms with Crippen LogP contribution in [0.25, 0.3) is 109 Å². The van der Waals surface area contributed by atoms with E-state index in [-0.39, 0.29) is 0 Å². The topological polar surface area (TPSA) is 56.7 Å². The van der Waals surface area contributed by atoms with Crippen LogP contribution >= 0.6 is 11.3 Å². The van der Waals surface area contributed by atoms with Gasteiger partial charge in [0.25, 0.3) is 0 Å². The second kappa shape index (κ2) is 12.9. The fraction of sp³-hybridized carbons (Fsp3) is 0.0577. The predicted molar refractivity (Wildman–Crippen MR) is 242 cm³/mol. The molecule has 4 aromatic heterocycles. The van der Waals surface area contributed by atoms with Gasteiger partial charge in [0.2, 0.25) is 0 Å². The summed E-state index contributed by atoms with van der Waals surface area (Å²) in [4.78, 5) is 15.4. The quantitative estimate of drug-likeness (QED) is 0.175. The zero-order valence-corrected chi connectivity index (χ0v) is 32.4. The zero-order valence-electron chi connectivity index (χ0n) is 31.6. The normalized spacial score (nSPS) is 14.4. The van der Waals surface area contributed by atoms with Crippen molar-refractivity contribution in [3.8, 4) is 39.6 Å². The van der Waals surface area contributed by atoms with Crippen LogP contribution in [0.15, 0.2) is 174 Å². The number of aromatic nitrogens is 4. The third-order valence-corrected chi connectivity index (χ3v) is 12.7.